The van der Waals surface area contributed by atoms with Crippen LogP contribution in [0.5, 0.6) is 5.75 Å². The summed E-state index contributed by atoms with van der Waals surface area (Å²) in [6.45, 7) is 5.49. The van der Waals surface area contributed by atoms with Gasteiger partial charge in [0.1, 0.15) is 5.75 Å². The van der Waals surface area contributed by atoms with Crippen molar-refractivity contribution in [3.63, 3.8) is 0 Å². The second-order valence-electron chi connectivity index (χ2n) is 5.58. The molecule has 1 heterocycles. The van der Waals surface area contributed by atoms with Gasteiger partial charge >= 0.3 is 11.8 Å². The third kappa shape index (κ3) is 4.70. The van der Waals surface area contributed by atoms with E-state index >= 15 is 0 Å². The lowest BCUT2D eigenvalue weighted by molar-refractivity contribution is -0.144. The first-order valence-corrected chi connectivity index (χ1v) is 7.56. The second-order valence-corrected chi connectivity index (χ2v) is 5.58. The molecule has 1 saturated heterocycles. The molecular formula is C16H21N3O4. The first-order valence-electron chi connectivity index (χ1n) is 7.56. The predicted molar refractivity (Wildman–Crippen MR) is 85.1 cm³/mol. The number of anilines is 1. The van der Waals surface area contributed by atoms with E-state index in [4.69, 9.17) is 4.74 Å². The molecule has 1 aliphatic rings. The standard InChI is InChI=1S/C16H21N3O4/c1-12(2)23-14-5-3-13(4-6-14)17-15(21)16(22)19-9-7-18(11-20)8-10-19/h3-6,11-12H,7-10H2,1-2H3,(H,17,21). The van der Waals surface area contributed by atoms with Crippen molar-refractivity contribution in [3.8, 4) is 5.75 Å². The number of nitrogens with one attached hydrogen (secondary N) is 1. The van der Waals surface area contributed by atoms with Crippen LogP contribution in [0.1, 0.15) is 13.8 Å². The molecule has 0 aromatic heterocycles. The van der Waals surface area contributed by atoms with Gasteiger partial charge in [0.25, 0.3) is 0 Å². The average Bonchev–Trinajstić information content (AvgIpc) is 2.55. The van der Waals surface area contributed by atoms with Crippen LogP contribution in [0.15, 0.2) is 24.3 Å². The monoisotopic (exact) mass is 319 g/mol. The second kappa shape index (κ2) is 7.62. The SMILES string of the molecule is CC(C)Oc1ccc(NC(=O)C(=O)N2CCN(C=O)CC2)cc1. The highest BCUT2D eigenvalue weighted by Crippen LogP contribution is 2.17. The average molecular weight is 319 g/mol. The van der Waals surface area contributed by atoms with E-state index in [-0.39, 0.29) is 6.10 Å². The highest BCUT2D eigenvalue weighted by molar-refractivity contribution is 6.39. The molecule has 1 aromatic carbocycles. The number of rotatable bonds is 4. The van der Waals surface area contributed by atoms with Gasteiger partial charge in [0, 0.05) is 31.9 Å². The van der Waals surface area contributed by atoms with Crippen molar-refractivity contribution < 1.29 is 19.1 Å². The van der Waals surface area contributed by atoms with Crippen molar-refractivity contribution in [2.75, 3.05) is 31.5 Å². The lowest BCUT2D eigenvalue weighted by Crippen LogP contribution is -2.51. The fraction of sp³-hybridized carbons (Fsp3) is 0.438. The van der Waals surface area contributed by atoms with Gasteiger partial charge in [-0.25, -0.2) is 0 Å². The molecule has 1 fully saturated rings. The maximum atomic E-state index is 12.1. The third-order valence-electron chi connectivity index (χ3n) is 3.43. The van der Waals surface area contributed by atoms with Gasteiger partial charge in [0.2, 0.25) is 6.41 Å². The van der Waals surface area contributed by atoms with E-state index in [1.54, 1.807) is 29.2 Å². The molecule has 3 amide bonds. The topological polar surface area (TPSA) is 79.0 Å². The zero-order valence-corrected chi connectivity index (χ0v) is 13.3. The Kier molecular flexibility index (Phi) is 5.56. The summed E-state index contributed by atoms with van der Waals surface area (Å²) in [7, 11) is 0. The van der Waals surface area contributed by atoms with E-state index in [1.165, 1.54) is 4.90 Å². The van der Waals surface area contributed by atoms with Crippen LogP contribution in [0.2, 0.25) is 0 Å². The van der Waals surface area contributed by atoms with E-state index in [0.717, 1.165) is 6.41 Å². The number of piperazine rings is 1. The van der Waals surface area contributed by atoms with Gasteiger partial charge in [-0.05, 0) is 38.1 Å². The molecule has 7 heteroatoms. The molecule has 0 aliphatic carbocycles. The minimum Gasteiger partial charge on any atom is -0.491 e. The van der Waals surface area contributed by atoms with Crippen LogP contribution in [0.4, 0.5) is 5.69 Å². The normalized spacial score (nSPS) is 14.6. The molecule has 0 atom stereocenters. The van der Waals surface area contributed by atoms with Crippen LogP contribution in [0.25, 0.3) is 0 Å². The predicted octanol–water partition coefficient (Wildman–Crippen LogP) is 0.713. The zero-order valence-electron chi connectivity index (χ0n) is 13.3. The van der Waals surface area contributed by atoms with E-state index in [1.807, 2.05) is 13.8 Å². The maximum absolute atomic E-state index is 12.1. The van der Waals surface area contributed by atoms with Crippen LogP contribution in [-0.4, -0.2) is 60.3 Å². The van der Waals surface area contributed by atoms with E-state index in [2.05, 4.69) is 5.32 Å². The van der Waals surface area contributed by atoms with Gasteiger partial charge in [-0.2, -0.15) is 0 Å². The minimum atomic E-state index is -0.679. The fourth-order valence-corrected chi connectivity index (χ4v) is 2.25. The highest BCUT2D eigenvalue weighted by atomic mass is 16.5. The first-order chi connectivity index (χ1) is 11.0. The van der Waals surface area contributed by atoms with Gasteiger partial charge in [-0.1, -0.05) is 0 Å². The van der Waals surface area contributed by atoms with Crippen LogP contribution >= 0.6 is 0 Å². The number of amides is 3. The summed E-state index contributed by atoms with van der Waals surface area (Å²) >= 11 is 0. The van der Waals surface area contributed by atoms with E-state index in [0.29, 0.717) is 37.6 Å². The van der Waals surface area contributed by atoms with Crippen LogP contribution in [-0.2, 0) is 14.4 Å². The van der Waals surface area contributed by atoms with Crippen molar-refractivity contribution in [2.24, 2.45) is 0 Å². The van der Waals surface area contributed by atoms with Crippen LogP contribution in [0, 0.1) is 0 Å². The molecule has 7 nitrogen and oxygen atoms in total. The maximum Gasteiger partial charge on any atom is 0.313 e. The molecule has 0 saturated carbocycles. The van der Waals surface area contributed by atoms with Crippen molar-refractivity contribution in [2.45, 2.75) is 20.0 Å². The number of benzene rings is 1. The van der Waals surface area contributed by atoms with E-state index in [9.17, 15) is 14.4 Å². The lowest BCUT2D eigenvalue weighted by Gasteiger charge is -2.31. The number of nitrogens with zero attached hydrogens (tertiary/aromatic N) is 2. The largest absolute Gasteiger partial charge is 0.491 e. The third-order valence-corrected chi connectivity index (χ3v) is 3.43. The van der Waals surface area contributed by atoms with Crippen molar-refractivity contribution in [3.05, 3.63) is 24.3 Å². The minimum absolute atomic E-state index is 0.0713. The van der Waals surface area contributed by atoms with Crippen LogP contribution in [0.3, 0.4) is 0 Å². The summed E-state index contributed by atoms with van der Waals surface area (Å²) < 4.78 is 5.52. The molecule has 1 aromatic rings. The van der Waals surface area contributed by atoms with Crippen molar-refractivity contribution in [1.82, 2.24) is 9.80 Å². The van der Waals surface area contributed by atoms with Gasteiger partial charge in [0.05, 0.1) is 6.10 Å². The number of ether oxygens (including phenoxy) is 1. The molecule has 0 unspecified atom stereocenters. The Labute approximate surface area is 135 Å². The Hall–Kier alpha value is -2.57. The summed E-state index contributed by atoms with van der Waals surface area (Å²) in [5.74, 6) is -0.561. The van der Waals surface area contributed by atoms with Gasteiger partial charge in [0.15, 0.2) is 0 Å². The van der Waals surface area contributed by atoms with Gasteiger partial charge in [-0.3, -0.25) is 14.4 Å². The lowest BCUT2D eigenvalue weighted by atomic mass is 10.3. The van der Waals surface area contributed by atoms with E-state index < -0.39 is 11.8 Å². The highest BCUT2D eigenvalue weighted by Gasteiger charge is 2.25. The Morgan fingerprint density at radius 1 is 1.13 bits per heavy atom. The Morgan fingerprint density at radius 2 is 1.74 bits per heavy atom. The molecular weight excluding hydrogens is 298 g/mol. The summed E-state index contributed by atoms with van der Waals surface area (Å²) in [5.41, 5.74) is 0.533. The summed E-state index contributed by atoms with van der Waals surface area (Å²) in [6.07, 6.45) is 0.824. The smallest absolute Gasteiger partial charge is 0.313 e. The Balaban J connectivity index is 1.88. The van der Waals surface area contributed by atoms with Gasteiger partial charge < -0.3 is 19.9 Å². The molecule has 2 rings (SSSR count). The molecule has 0 spiro atoms. The molecule has 0 bridgehead atoms. The quantitative estimate of drug-likeness (QED) is 0.655. The summed E-state index contributed by atoms with van der Waals surface area (Å²) in [6, 6.07) is 6.85. The fourth-order valence-electron chi connectivity index (χ4n) is 2.25. The Bertz CT molecular complexity index is 563. The number of hydrogen-bond acceptors (Lipinski definition) is 4. The van der Waals surface area contributed by atoms with Gasteiger partial charge in [-0.15, -0.1) is 0 Å². The zero-order chi connectivity index (χ0) is 16.8. The van der Waals surface area contributed by atoms with Crippen molar-refractivity contribution in [1.29, 1.82) is 0 Å². The molecule has 1 aliphatic heterocycles. The molecule has 1 N–H and O–H groups in total. The first kappa shape index (κ1) is 16.8. The number of carbonyl (C=O) groups is 3. The van der Waals surface area contributed by atoms with Crippen LogP contribution < -0.4 is 10.1 Å². The number of hydrogen-bond donors (Lipinski definition) is 1. The number of carbonyl (C=O) groups excluding carboxylic acids is 3. The molecule has 0 radical (unpaired) electrons. The Morgan fingerprint density at radius 3 is 2.26 bits per heavy atom. The summed E-state index contributed by atoms with van der Waals surface area (Å²) in [5, 5.41) is 2.58. The molecule has 124 valence electrons. The molecule has 23 heavy (non-hydrogen) atoms. The summed E-state index contributed by atoms with van der Waals surface area (Å²) in [4.78, 5) is 37.8. The van der Waals surface area contributed by atoms with Crippen molar-refractivity contribution >= 4 is 23.9 Å².